The molecule has 0 aliphatic carbocycles. The number of carbonyl (C=O) groups is 2. The summed E-state index contributed by atoms with van der Waals surface area (Å²) in [6.07, 6.45) is 3.22. The number of nitrogens with two attached hydrogens (primary N) is 2. The number of aliphatic imine (C=N–C) groups is 1. The molecule has 2 amide bonds. The number of amides is 2. The average Bonchev–Trinajstić information content (AvgIpc) is 3.56. The van der Waals surface area contributed by atoms with Gasteiger partial charge in [-0.1, -0.05) is 54.1 Å². The number of methoxy groups -OCH3 is 1. The monoisotopic (exact) mass is 725 g/mol. The molecule has 3 aromatic carbocycles. The summed E-state index contributed by atoms with van der Waals surface area (Å²) in [6.45, 7) is 5.35. The maximum atomic E-state index is 13.8. The Bertz CT molecular complexity index is 1950. The molecule has 1 heterocycles. The predicted octanol–water partition coefficient (Wildman–Crippen LogP) is 4.85. The minimum atomic E-state index is -1.00. The molecule has 0 radical (unpaired) electrons. The molecule has 7 N–H and O–H groups in total. The zero-order valence-electron chi connectivity index (χ0n) is 29.7. The van der Waals surface area contributed by atoms with E-state index in [9.17, 15) is 9.59 Å². The van der Waals surface area contributed by atoms with Crippen LogP contribution in [-0.4, -0.2) is 78.7 Å². The molecular weight excluding hydrogens is 682 g/mol. The van der Waals surface area contributed by atoms with Gasteiger partial charge in [0.15, 0.2) is 0 Å². The quantitative estimate of drug-likeness (QED) is 0.0444. The van der Waals surface area contributed by atoms with Crippen molar-refractivity contribution >= 4 is 52.3 Å². The highest BCUT2D eigenvalue weighted by Crippen LogP contribution is 2.27. The average molecular weight is 726 g/mol. The number of aromatic nitrogens is 2. The van der Waals surface area contributed by atoms with E-state index in [1.165, 1.54) is 10.9 Å². The zero-order valence-corrected chi connectivity index (χ0v) is 30.4. The Morgan fingerprint density at radius 2 is 1.69 bits per heavy atom. The Morgan fingerprint density at radius 3 is 2.31 bits per heavy atom. The zero-order chi connectivity index (χ0) is 37.6. The van der Waals surface area contributed by atoms with Crippen molar-refractivity contribution in [1.82, 2.24) is 15.1 Å². The summed E-state index contributed by atoms with van der Waals surface area (Å²) in [5.41, 5.74) is 12.7. The number of halogens is 1. The number of nitrogens with zero attached hydrogens (tertiary/aromatic N) is 4. The van der Waals surface area contributed by atoms with Crippen LogP contribution in [0.3, 0.4) is 0 Å². The third-order valence-corrected chi connectivity index (χ3v) is 8.39. The van der Waals surface area contributed by atoms with Crippen molar-refractivity contribution in [3.63, 3.8) is 0 Å². The summed E-state index contributed by atoms with van der Waals surface area (Å²) in [6, 6.07) is 20.8. The number of allylic oxidation sites excluding steroid dienone is 2. The van der Waals surface area contributed by atoms with Gasteiger partial charge in [-0.3, -0.25) is 19.3 Å². The molecule has 1 unspecified atom stereocenters. The normalized spacial score (nSPS) is 12.8. The van der Waals surface area contributed by atoms with Gasteiger partial charge in [0.1, 0.15) is 17.4 Å². The van der Waals surface area contributed by atoms with E-state index in [-0.39, 0.29) is 6.42 Å². The minimum absolute atomic E-state index is 0.0974. The van der Waals surface area contributed by atoms with Gasteiger partial charge in [0.25, 0.3) is 5.91 Å². The SMILES string of the molecule is COCCOCCN=CC(=NN)c1ccc(-c2ccc(Cl)c(CC(NC(=O)c3ccnn3C)C(=O)Nc3ccc(C(C(C)=N)=C(C)N)cc3)c2)cc1. The lowest BCUT2D eigenvalue weighted by atomic mass is 9.97. The van der Waals surface area contributed by atoms with E-state index in [2.05, 4.69) is 25.8 Å². The molecule has 4 aromatic rings. The number of aryl methyl sites for hydroxylation is 1. The van der Waals surface area contributed by atoms with E-state index < -0.39 is 17.9 Å². The molecule has 0 fully saturated rings. The van der Waals surface area contributed by atoms with Gasteiger partial charge >= 0.3 is 0 Å². The van der Waals surface area contributed by atoms with E-state index in [1.54, 1.807) is 70.6 Å². The van der Waals surface area contributed by atoms with Gasteiger partial charge in [0.05, 0.1) is 26.4 Å². The Morgan fingerprint density at radius 1 is 1.00 bits per heavy atom. The maximum absolute atomic E-state index is 13.8. The molecule has 0 aliphatic rings. The highest BCUT2D eigenvalue weighted by Gasteiger charge is 2.25. The first-order chi connectivity index (χ1) is 25.0. The van der Waals surface area contributed by atoms with Crippen LogP contribution in [0.2, 0.25) is 5.02 Å². The second-order valence-electron chi connectivity index (χ2n) is 11.9. The fraction of sp³-hybridized carbons (Fsp3) is 0.263. The Kier molecular flexibility index (Phi) is 14.4. The van der Waals surface area contributed by atoms with Gasteiger partial charge in [-0.05, 0) is 66.4 Å². The van der Waals surface area contributed by atoms with Crippen LogP contribution in [0, 0.1) is 5.41 Å². The minimum Gasteiger partial charge on any atom is -0.402 e. The molecule has 1 atom stereocenters. The van der Waals surface area contributed by atoms with E-state index in [0.717, 1.165) is 22.3 Å². The molecule has 52 heavy (non-hydrogen) atoms. The van der Waals surface area contributed by atoms with Gasteiger partial charge in [-0.15, -0.1) is 0 Å². The number of nitrogens with one attached hydrogen (secondary N) is 3. The molecule has 1 aromatic heterocycles. The Labute approximate surface area is 308 Å². The number of anilines is 1. The molecule has 0 saturated carbocycles. The van der Waals surface area contributed by atoms with Crippen molar-refractivity contribution in [2.75, 3.05) is 38.8 Å². The summed E-state index contributed by atoms with van der Waals surface area (Å²) < 4.78 is 11.8. The molecular formula is C38H44ClN9O4. The molecule has 0 bridgehead atoms. The number of ether oxygens (including phenoxy) is 2. The van der Waals surface area contributed by atoms with Crippen molar-refractivity contribution in [2.45, 2.75) is 26.3 Å². The fourth-order valence-electron chi connectivity index (χ4n) is 5.39. The number of benzene rings is 3. The first-order valence-corrected chi connectivity index (χ1v) is 16.9. The van der Waals surface area contributed by atoms with Crippen LogP contribution in [0.15, 0.2) is 94.8 Å². The number of hydrazone groups is 1. The molecule has 272 valence electrons. The van der Waals surface area contributed by atoms with Crippen LogP contribution in [0.1, 0.15) is 41.0 Å². The first kappa shape index (κ1) is 39.2. The van der Waals surface area contributed by atoms with Crippen molar-refractivity contribution in [3.8, 4) is 11.1 Å². The van der Waals surface area contributed by atoms with Crippen molar-refractivity contribution < 1.29 is 19.1 Å². The molecule has 13 nitrogen and oxygen atoms in total. The predicted molar refractivity (Wildman–Crippen MR) is 207 cm³/mol. The molecule has 0 aliphatic heterocycles. The third kappa shape index (κ3) is 10.7. The van der Waals surface area contributed by atoms with Crippen molar-refractivity contribution in [1.29, 1.82) is 5.41 Å². The van der Waals surface area contributed by atoms with E-state index >= 15 is 0 Å². The summed E-state index contributed by atoms with van der Waals surface area (Å²) in [5, 5.41) is 22.2. The smallest absolute Gasteiger partial charge is 0.270 e. The second-order valence-corrected chi connectivity index (χ2v) is 12.3. The number of carbonyl (C=O) groups excluding carboxylic acids is 2. The van der Waals surface area contributed by atoms with Crippen LogP contribution >= 0.6 is 11.6 Å². The van der Waals surface area contributed by atoms with Crippen molar-refractivity contribution in [2.24, 2.45) is 28.7 Å². The molecule has 14 heteroatoms. The summed E-state index contributed by atoms with van der Waals surface area (Å²) >= 11 is 6.68. The van der Waals surface area contributed by atoms with Crippen LogP contribution in [0.25, 0.3) is 16.7 Å². The Hall–Kier alpha value is -5.63. The number of hydrogen-bond donors (Lipinski definition) is 5. The number of hydrogen-bond acceptors (Lipinski definition) is 10. The van der Waals surface area contributed by atoms with Crippen LogP contribution in [-0.2, 0) is 27.7 Å². The third-order valence-electron chi connectivity index (χ3n) is 8.02. The second kappa shape index (κ2) is 19.1. The summed E-state index contributed by atoms with van der Waals surface area (Å²) in [7, 11) is 3.27. The summed E-state index contributed by atoms with van der Waals surface area (Å²) in [5.74, 6) is 4.75. The van der Waals surface area contributed by atoms with Gasteiger partial charge in [-0.25, -0.2) is 0 Å². The molecule has 4 rings (SSSR count). The maximum Gasteiger partial charge on any atom is 0.270 e. The highest BCUT2D eigenvalue weighted by molar-refractivity contribution is 6.38. The van der Waals surface area contributed by atoms with Gasteiger partial charge in [-0.2, -0.15) is 10.2 Å². The lowest BCUT2D eigenvalue weighted by Gasteiger charge is -2.20. The number of rotatable bonds is 17. The van der Waals surface area contributed by atoms with Crippen LogP contribution in [0.4, 0.5) is 5.69 Å². The topological polar surface area (TPSA) is 195 Å². The molecule has 0 spiro atoms. The standard InChI is InChI=1S/C38H44ClN9O4/c1-24(40)36(25(2)41)28-9-12-31(13-10-28)45-37(49)33(46-38(50)35-15-16-44-48(35)3)22-30-21-29(11-14-32(30)39)26-5-7-27(8-6-26)34(47-42)23-43-17-18-52-20-19-51-4/h5-16,21,23,33,40H,17-20,22,41-42H2,1-4H3,(H,45,49)(H,46,50). The highest BCUT2D eigenvalue weighted by atomic mass is 35.5. The van der Waals surface area contributed by atoms with E-state index in [0.29, 0.717) is 71.0 Å². The van der Waals surface area contributed by atoms with Gasteiger partial charge in [0, 0.05) is 66.2 Å². The summed E-state index contributed by atoms with van der Waals surface area (Å²) in [4.78, 5) is 31.4. The van der Waals surface area contributed by atoms with E-state index in [1.807, 2.05) is 36.4 Å². The lowest BCUT2D eigenvalue weighted by molar-refractivity contribution is -0.118. The lowest BCUT2D eigenvalue weighted by Crippen LogP contribution is -2.45. The largest absolute Gasteiger partial charge is 0.402 e. The Balaban J connectivity index is 1.54. The van der Waals surface area contributed by atoms with Crippen LogP contribution in [0.5, 0.6) is 0 Å². The van der Waals surface area contributed by atoms with E-state index in [4.69, 9.17) is 38.1 Å². The van der Waals surface area contributed by atoms with Crippen molar-refractivity contribution in [3.05, 3.63) is 112 Å². The van der Waals surface area contributed by atoms with Gasteiger partial charge < -0.3 is 37.1 Å². The first-order valence-electron chi connectivity index (χ1n) is 16.5. The van der Waals surface area contributed by atoms with Gasteiger partial charge in [0.2, 0.25) is 5.91 Å². The fourth-order valence-corrected chi connectivity index (χ4v) is 5.58. The van der Waals surface area contributed by atoms with Crippen LogP contribution < -0.4 is 22.2 Å². The molecule has 0 saturated heterocycles.